The van der Waals surface area contributed by atoms with E-state index < -0.39 is 29.3 Å². The van der Waals surface area contributed by atoms with E-state index in [1.54, 1.807) is 11.0 Å². The van der Waals surface area contributed by atoms with Crippen LogP contribution in [0.2, 0.25) is 0 Å². The van der Waals surface area contributed by atoms with E-state index in [4.69, 9.17) is 4.74 Å². The maximum atomic E-state index is 13.4. The molecular formula is C22H20F4N2O3. The average Bonchev–Trinajstić information content (AvgIpc) is 3.02. The van der Waals surface area contributed by atoms with E-state index in [9.17, 15) is 27.2 Å². The van der Waals surface area contributed by atoms with Gasteiger partial charge in [0.15, 0.2) is 0 Å². The Morgan fingerprint density at radius 1 is 1.06 bits per heavy atom. The zero-order chi connectivity index (χ0) is 22.2. The molecule has 0 unspecified atom stereocenters. The first-order chi connectivity index (χ1) is 14.7. The number of likely N-dealkylation sites (tertiary alicyclic amines) is 1. The highest BCUT2D eigenvalue weighted by atomic mass is 19.4. The summed E-state index contributed by atoms with van der Waals surface area (Å²) in [5.74, 6) is -0.761. The van der Waals surface area contributed by atoms with Crippen LogP contribution in [-0.4, -0.2) is 47.0 Å². The Morgan fingerprint density at radius 2 is 1.74 bits per heavy atom. The normalized spacial score (nSPS) is 18.4. The van der Waals surface area contributed by atoms with Gasteiger partial charge < -0.3 is 9.64 Å². The van der Waals surface area contributed by atoms with Gasteiger partial charge in [-0.15, -0.1) is 0 Å². The van der Waals surface area contributed by atoms with Gasteiger partial charge in [-0.25, -0.2) is 9.18 Å². The summed E-state index contributed by atoms with van der Waals surface area (Å²) in [7, 11) is 0. The van der Waals surface area contributed by atoms with Crippen molar-refractivity contribution in [3.8, 4) is 0 Å². The van der Waals surface area contributed by atoms with E-state index >= 15 is 0 Å². The van der Waals surface area contributed by atoms with Crippen molar-refractivity contribution in [1.29, 1.82) is 0 Å². The molecule has 0 atom stereocenters. The molecular weight excluding hydrogens is 416 g/mol. The zero-order valence-electron chi connectivity index (χ0n) is 16.5. The fourth-order valence-corrected chi connectivity index (χ4v) is 4.02. The topological polar surface area (TPSA) is 49.9 Å². The predicted octanol–water partition coefficient (Wildman–Crippen LogP) is 4.47. The summed E-state index contributed by atoms with van der Waals surface area (Å²) >= 11 is 0. The van der Waals surface area contributed by atoms with Gasteiger partial charge in [0.25, 0.3) is 5.91 Å². The Bertz CT molecular complexity index is 983. The van der Waals surface area contributed by atoms with E-state index in [0.29, 0.717) is 38.0 Å². The predicted molar refractivity (Wildman–Crippen MR) is 103 cm³/mol. The van der Waals surface area contributed by atoms with Crippen LogP contribution >= 0.6 is 0 Å². The number of rotatable bonds is 3. The number of benzene rings is 2. The second-order valence-electron chi connectivity index (χ2n) is 7.90. The average molecular weight is 436 g/mol. The molecule has 2 saturated heterocycles. The number of nitrogens with zero attached hydrogens (tertiary/aromatic N) is 2. The molecule has 0 aromatic heterocycles. The summed E-state index contributed by atoms with van der Waals surface area (Å²) in [6.45, 7) is 1.16. The molecule has 31 heavy (non-hydrogen) atoms. The number of piperidine rings is 1. The van der Waals surface area contributed by atoms with Crippen molar-refractivity contribution in [1.82, 2.24) is 9.80 Å². The molecule has 0 saturated carbocycles. The lowest BCUT2D eigenvalue weighted by Crippen LogP contribution is -2.48. The fourth-order valence-electron chi connectivity index (χ4n) is 4.02. The second kappa shape index (κ2) is 7.86. The smallest absolute Gasteiger partial charge is 0.416 e. The van der Waals surface area contributed by atoms with Gasteiger partial charge in [0.05, 0.1) is 12.1 Å². The molecule has 2 aromatic carbocycles. The molecule has 1 spiro atoms. The highest BCUT2D eigenvalue weighted by Gasteiger charge is 2.47. The Hall–Kier alpha value is -3.10. The molecule has 9 heteroatoms. The largest absolute Gasteiger partial charge is 0.441 e. The molecule has 2 aromatic rings. The molecule has 5 nitrogen and oxygen atoms in total. The van der Waals surface area contributed by atoms with Gasteiger partial charge in [0.1, 0.15) is 11.4 Å². The Kier molecular flexibility index (Phi) is 5.36. The van der Waals surface area contributed by atoms with Gasteiger partial charge in [-0.2, -0.15) is 13.2 Å². The lowest BCUT2D eigenvalue weighted by Gasteiger charge is -2.37. The number of hydrogen-bond acceptors (Lipinski definition) is 3. The minimum atomic E-state index is -4.41. The lowest BCUT2D eigenvalue weighted by atomic mass is 9.91. The molecule has 2 aliphatic heterocycles. The van der Waals surface area contributed by atoms with Crippen LogP contribution in [0.25, 0.3) is 0 Å². The molecule has 2 fully saturated rings. The van der Waals surface area contributed by atoms with Crippen LogP contribution in [0.4, 0.5) is 22.4 Å². The summed E-state index contributed by atoms with van der Waals surface area (Å²) in [6.07, 6.45) is -4.07. The summed E-state index contributed by atoms with van der Waals surface area (Å²) in [4.78, 5) is 28.0. The Balaban J connectivity index is 1.36. The number of carbonyl (C=O) groups is 2. The first kappa shape index (κ1) is 21.1. The van der Waals surface area contributed by atoms with Gasteiger partial charge >= 0.3 is 12.3 Å². The molecule has 2 amide bonds. The summed E-state index contributed by atoms with van der Waals surface area (Å²) in [5.41, 5.74) is -0.641. The third-order valence-electron chi connectivity index (χ3n) is 5.73. The van der Waals surface area contributed by atoms with E-state index in [1.807, 2.05) is 0 Å². The van der Waals surface area contributed by atoms with Crippen LogP contribution in [0.15, 0.2) is 48.5 Å². The van der Waals surface area contributed by atoms with Crippen molar-refractivity contribution < 1.29 is 31.9 Å². The van der Waals surface area contributed by atoms with Crippen LogP contribution in [0.5, 0.6) is 0 Å². The third kappa shape index (κ3) is 4.50. The number of carbonyl (C=O) groups excluding carboxylic acids is 2. The van der Waals surface area contributed by atoms with Crippen LogP contribution in [0.3, 0.4) is 0 Å². The fraction of sp³-hybridized carbons (Fsp3) is 0.364. The van der Waals surface area contributed by atoms with Crippen LogP contribution in [0, 0.1) is 5.82 Å². The van der Waals surface area contributed by atoms with E-state index in [-0.39, 0.29) is 18.0 Å². The molecule has 0 aliphatic carbocycles. The van der Waals surface area contributed by atoms with Gasteiger partial charge in [-0.05, 0) is 35.9 Å². The molecule has 2 aliphatic rings. The standard InChI is InChI=1S/C22H20F4N2O3/c23-18-3-1-2-16(12-18)19(29)27-10-8-21(9-11-27)14-28(20(30)31-21)13-15-4-6-17(7-5-15)22(24,25)26/h1-7,12H,8-11,13-14H2. The highest BCUT2D eigenvalue weighted by Crippen LogP contribution is 2.35. The van der Waals surface area contributed by atoms with Crippen molar-refractivity contribution in [3.63, 3.8) is 0 Å². The van der Waals surface area contributed by atoms with Crippen molar-refractivity contribution in [2.45, 2.75) is 31.2 Å². The SMILES string of the molecule is O=C1OC2(CCN(C(=O)c3cccc(F)c3)CC2)CN1Cc1ccc(C(F)(F)F)cc1. The number of alkyl halides is 3. The number of hydrogen-bond donors (Lipinski definition) is 0. The molecule has 0 radical (unpaired) electrons. The summed E-state index contributed by atoms with van der Waals surface area (Å²) < 4.78 is 57.1. The number of amides is 2. The minimum absolute atomic E-state index is 0.144. The maximum Gasteiger partial charge on any atom is 0.416 e. The maximum absolute atomic E-state index is 13.4. The van der Waals surface area contributed by atoms with E-state index in [0.717, 1.165) is 12.1 Å². The molecule has 164 valence electrons. The summed E-state index contributed by atoms with van der Waals surface area (Å²) in [6, 6.07) is 10.2. The molecule has 4 rings (SSSR count). The van der Waals surface area contributed by atoms with Crippen molar-refractivity contribution in [2.75, 3.05) is 19.6 Å². The summed E-state index contributed by atoms with van der Waals surface area (Å²) in [5, 5.41) is 0. The van der Waals surface area contributed by atoms with Gasteiger partial charge in [0.2, 0.25) is 0 Å². The van der Waals surface area contributed by atoms with Gasteiger partial charge in [-0.1, -0.05) is 18.2 Å². The lowest BCUT2D eigenvalue weighted by molar-refractivity contribution is -0.137. The first-order valence-electron chi connectivity index (χ1n) is 9.84. The quantitative estimate of drug-likeness (QED) is 0.667. The molecule has 0 N–H and O–H groups in total. The van der Waals surface area contributed by atoms with Gasteiger partial charge in [0, 0.05) is 38.0 Å². The number of ether oxygens (including phenoxy) is 1. The third-order valence-corrected chi connectivity index (χ3v) is 5.73. The molecule has 0 bridgehead atoms. The monoisotopic (exact) mass is 436 g/mol. The van der Waals surface area contributed by atoms with Crippen molar-refractivity contribution >= 4 is 12.0 Å². The first-order valence-corrected chi connectivity index (χ1v) is 9.84. The van der Waals surface area contributed by atoms with E-state index in [1.165, 1.54) is 35.2 Å². The Labute approximate surface area is 176 Å². The van der Waals surface area contributed by atoms with Crippen molar-refractivity contribution in [3.05, 3.63) is 71.0 Å². The van der Waals surface area contributed by atoms with Crippen molar-refractivity contribution in [2.24, 2.45) is 0 Å². The van der Waals surface area contributed by atoms with Crippen LogP contribution in [0.1, 0.15) is 34.3 Å². The van der Waals surface area contributed by atoms with Gasteiger partial charge in [-0.3, -0.25) is 9.69 Å². The second-order valence-corrected chi connectivity index (χ2v) is 7.90. The Morgan fingerprint density at radius 3 is 2.35 bits per heavy atom. The van der Waals surface area contributed by atoms with Crippen LogP contribution < -0.4 is 0 Å². The zero-order valence-corrected chi connectivity index (χ0v) is 16.5. The van der Waals surface area contributed by atoms with Crippen LogP contribution in [-0.2, 0) is 17.5 Å². The molecule has 2 heterocycles. The minimum Gasteiger partial charge on any atom is -0.441 e. The van der Waals surface area contributed by atoms with E-state index in [2.05, 4.69) is 0 Å². The highest BCUT2D eigenvalue weighted by molar-refractivity contribution is 5.94. The number of halogens is 4.